The zero-order valence-electron chi connectivity index (χ0n) is 14.0. The van der Waals surface area contributed by atoms with Crippen LogP contribution in [0.3, 0.4) is 0 Å². The van der Waals surface area contributed by atoms with Gasteiger partial charge in [0, 0.05) is 11.6 Å². The summed E-state index contributed by atoms with van der Waals surface area (Å²) < 4.78 is 10.2. The summed E-state index contributed by atoms with van der Waals surface area (Å²) in [6.07, 6.45) is 5.92. The van der Waals surface area contributed by atoms with Crippen molar-refractivity contribution < 1.29 is 14.3 Å². The molecule has 1 aromatic heterocycles. The van der Waals surface area contributed by atoms with E-state index in [1.54, 1.807) is 6.92 Å². The molecule has 1 heterocycles. The molecule has 0 aliphatic rings. The minimum atomic E-state index is -0.365. The Bertz CT molecular complexity index is 880. The Labute approximate surface area is 146 Å². The molecule has 2 aromatic carbocycles. The molecule has 126 valence electrons. The third-order valence-corrected chi connectivity index (χ3v) is 3.68. The van der Waals surface area contributed by atoms with Crippen molar-refractivity contribution in [3.05, 3.63) is 71.9 Å². The van der Waals surface area contributed by atoms with E-state index in [0.717, 1.165) is 22.0 Å². The summed E-state index contributed by atoms with van der Waals surface area (Å²) in [5.74, 6) is 0.274. The zero-order chi connectivity index (χ0) is 17.5. The average Bonchev–Trinajstić information content (AvgIpc) is 2.66. The molecule has 0 spiro atoms. The molecular formula is C21H19NO3. The summed E-state index contributed by atoms with van der Waals surface area (Å²) in [7, 11) is 0. The monoisotopic (exact) mass is 333 g/mol. The molecule has 0 bridgehead atoms. The van der Waals surface area contributed by atoms with E-state index in [2.05, 4.69) is 17.1 Å². The van der Waals surface area contributed by atoms with Crippen LogP contribution in [0.4, 0.5) is 0 Å². The van der Waals surface area contributed by atoms with Crippen LogP contribution in [-0.4, -0.2) is 24.2 Å². The van der Waals surface area contributed by atoms with Crippen LogP contribution >= 0.6 is 0 Å². The Morgan fingerprint density at radius 1 is 1.04 bits per heavy atom. The number of nitrogens with zero attached hydrogens (tertiary/aromatic N) is 1. The Hall–Kier alpha value is -3.14. The molecular weight excluding hydrogens is 314 g/mol. The van der Waals surface area contributed by atoms with E-state index in [1.165, 1.54) is 0 Å². The van der Waals surface area contributed by atoms with E-state index < -0.39 is 0 Å². The number of ether oxygens (including phenoxy) is 2. The average molecular weight is 333 g/mol. The largest absolute Gasteiger partial charge is 0.482 e. The predicted octanol–water partition coefficient (Wildman–Crippen LogP) is 4.35. The van der Waals surface area contributed by atoms with Gasteiger partial charge in [0.1, 0.15) is 5.75 Å². The van der Waals surface area contributed by atoms with Gasteiger partial charge < -0.3 is 9.47 Å². The van der Waals surface area contributed by atoms with Crippen molar-refractivity contribution in [3.63, 3.8) is 0 Å². The Kier molecular flexibility index (Phi) is 5.42. The van der Waals surface area contributed by atoms with E-state index in [1.807, 2.05) is 60.8 Å². The molecule has 0 unspecified atom stereocenters. The first-order chi connectivity index (χ1) is 12.3. The highest BCUT2D eigenvalue weighted by Gasteiger charge is 2.02. The quantitative estimate of drug-likeness (QED) is 0.629. The standard InChI is InChI=1S/C21H19NO3/c1-2-24-21(23)15-25-18-11-8-16(9-12-18)7-10-17-13-14-22-20-6-4-3-5-19(17)20/h3-14H,2,15H2,1H3/b10-7-. The highest BCUT2D eigenvalue weighted by molar-refractivity contribution is 5.90. The molecule has 4 heteroatoms. The highest BCUT2D eigenvalue weighted by atomic mass is 16.6. The molecule has 4 nitrogen and oxygen atoms in total. The minimum absolute atomic E-state index is 0.0774. The van der Waals surface area contributed by atoms with Crippen LogP contribution in [-0.2, 0) is 9.53 Å². The van der Waals surface area contributed by atoms with Gasteiger partial charge >= 0.3 is 5.97 Å². The molecule has 0 saturated heterocycles. The van der Waals surface area contributed by atoms with E-state index in [9.17, 15) is 4.79 Å². The fourth-order valence-electron chi connectivity index (χ4n) is 2.47. The normalized spacial score (nSPS) is 10.9. The minimum Gasteiger partial charge on any atom is -0.482 e. The van der Waals surface area contributed by atoms with Gasteiger partial charge in [-0.1, -0.05) is 42.5 Å². The molecule has 0 N–H and O–H groups in total. The number of para-hydroxylation sites is 1. The van der Waals surface area contributed by atoms with Crippen molar-refractivity contribution in [2.24, 2.45) is 0 Å². The zero-order valence-corrected chi connectivity index (χ0v) is 14.0. The first-order valence-electron chi connectivity index (χ1n) is 8.16. The fraction of sp³-hybridized carbons (Fsp3) is 0.143. The Balaban J connectivity index is 1.68. The summed E-state index contributed by atoms with van der Waals surface area (Å²) in [4.78, 5) is 15.7. The van der Waals surface area contributed by atoms with Crippen LogP contribution in [0.1, 0.15) is 18.1 Å². The van der Waals surface area contributed by atoms with Gasteiger partial charge in [0.2, 0.25) is 0 Å². The van der Waals surface area contributed by atoms with Gasteiger partial charge in [0.25, 0.3) is 0 Å². The summed E-state index contributed by atoms with van der Waals surface area (Å²) in [6.45, 7) is 2.05. The molecule has 0 saturated carbocycles. The molecule has 0 amide bonds. The van der Waals surface area contributed by atoms with Crippen molar-refractivity contribution in [1.82, 2.24) is 4.98 Å². The SMILES string of the molecule is CCOC(=O)COc1ccc(/C=C\c2ccnc3ccccc23)cc1. The summed E-state index contributed by atoms with van der Waals surface area (Å²) in [6, 6.07) is 17.6. The number of fused-ring (bicyclic) bond motifs is 1. The number of pyridine rings is 1. The number of carbonyl (C=O) groups is 1. The summed E-state index contributed by atoms with van der Waals surface area (Å²) in [5, 5.41) is 1.12. The van der Waals surface area contributed by atoms with E-state index in [4.69, 9.17) is 9.47 Å². The number of aromatic nitrogens is 1. The van der Waals surface area contributed by atoms with Crippen LogP contribution in [0.5, 0.6) is 5.75 Å². The molecule has 0 fully saturated rings. The van der Waals surface area contributed by atoms with Crippen molar-refractivity contribution in [2.75, 3.05) is 13.2 Å². The third kappa shape index (κ3) is 4.44. The van der Waals surface area contributed by atoms with Crippen LogP contribution in [0.15, 0.2) is 60.8 Å². The molecule has 3 aromatic rings. The Morgan fingerprint density at radius 3 is 2.64 bits per heavy atom. The number of carbonyl (C=O) groups excluding carboxylic acids is 1. The van der Waals surface area contributed by atoms with Gasteiger partial charge in [-0.15, -0.1) is 0 Å². The van der Waals surface area contributed by atoms with Crippen molar-refractivity contribution in [1.29, 1.82) is 0 Å². The fourth-order valence-corrected chi connectivity index (χ4v) is 2.47. The lowest BCUT2D eigenvalue weighted by molar-refractivity contribution is -0.145. The van der Waals surface area contributed by atoms with Gasteiger partial charge in [-0.05, 0) is 42.3 Å². The first-order valence-corrected chi connectivity index (χ1v) is 8.16. The van der Waals surface area contributed by atoms with Gasteiger partial charge in [-0.3, -0.25) is 4.98 Å². The lowest BCUT2D eigenvalue weighted by Crippen LogP contribution is -2.14. The number of esters is 1. The molecule has 3 rings (SSSR count). The van der Waals surface area contributed by atoms with Crippen LogP contribution in [0.2, 0.25) is 0 Å². The van der Waals surface area contributed by atoms with Gasteiger partial charge in [0.05, 0.1) is 12.1 Å². The molecule has 0 atom stereocenters. The maximum absolute atomic E-state index is 11.3. The molecule has 0 aliphatic carbocycles. The van der Waals surface area contributed by atoms with Gasteiger partial charge in [-0.25, -0.2) is 4.79 Å². The highest BCUT2D eigenvalue weighted by Crippen LogP contribution is 2.19. The van der Waals surface area contributed by atoms with Crippen molar-refractivity contribution in [2.45, 2.75) is 6.92 Å². The number of benzene rings is 2. The van der Waals surface area contributed by atoms with Crippen molar-refractivity contribution >= 4 is 29.0 Å². The van der Waals surface area contributed by atoms with Crippen LogP contribution in [0, 0.1) is 0 Å². The third-order valence-electron chi connectivity index (χ3n) is 3.68. The molecule has 0 aliphatic heterocycles. The van der Waals surface area contributed by atoms with E-state index in [-0.39, 0.29) is 12.6 Å². The van der Waals surface area contributed by atoms with Crippen LogP contribution < -0.4 is 4.74 Å². The molecule has 25 heavy (non-hydrogen) atoms. The van der Waals surface area contributed by atoms with Gasteiger partial charge in [0.15, 0.2) is 6.61 Å². The Morgan fingerprint density at radius 2 is 1.84 bits per heavy atom. The maximum atomic E-state index is 11.3. The second kappa shape index (κ2) is 8.11. The van der Waals surface area contributed by atoms with Crippen molar-refractivity contribution in [3.8, 4) is 5.75 Å². The summed E-state index contributed by atoms with van der Waals surface area (Å²) >= 11 is 0. The number of hydrogen-bond donors (Lipinski definition) is 0. The van der Waals surface area contributed by atoms with Crippen LogP contribution in [0.25, 0.3) is 23.1 Å². The van der Waals surface area contributed by atoms with E-state index in [0.29, 0.717) is 12.4 Å². The maximum Gasteiger partial charge on any atom is 0.344 e. The predicted molar refractivity (Wildman–Crippen MR) is 99.2 cm³/mol. The smallest absolute Gasteiger partial charge is 0.344 e. The van der Waals surface area contributed by atoms with E-state index >= 15 is 0 Å². The number of hydrogen-bond acceptors (Lipinski definition) is 4. The lowest BCUT2D eigenvalue weighted by atomic mass is 10.1. The summed E-state index contributed by atoms with van der Waals surface area (Å²) in [5.41, 5.74) is 3.14. The second-order valence-electron chi connectivity index (χ2n) is 5.41. The first kappa shape index (κ1) is 16.7. The second-order valence-corrected chi connectivity index (χ2v) is 5.41. The molecule has 0 radical (unpaired) electrons. The lowest BCUT2D eigenvalue weighted by Gasteiger charge is -2.06. The number of rotatable bonds is 6. The van der Waals surface area contributed by atoms with Gasteiger partial charge in [-0.2, -0.15) is 0 Å². The topological polar surface area (TPSA) is 48.4 Å².